The predicted octanol–water partition coefficient (Wildman–Crippen LogP) is 2.52. The maximum absolute atomic E-state index is 11.2. The number of hydrogen-bond donors (Lipinski definition) is 0. The summed E-state index contributed by atoms with van der Waals surface area (Å²) in [5.41, 5.74) is 1.56. The summed E-state index contributed by atoms with van der Waals surface area (Å²) in [5, 5.41) is 0. The summed E-state index contributed by atoms with van der Waals surface area (Å²) in [4.78, 5) is 11.2. The number of carbonyl (C=O) groups is 1. The minimum atomic E-state index is -0.346. The maximum Gasteiger partial charge on any atom is 0.333 e. The first-order chi connectivity index (χ1) is 6.66. The van der Waals surface area contributed by atoms with Gasteiger partial charge in [-0.2, -0.15) is 0 Å². The van der Waals surface area contributed by atoms with Crippen LogP contribution < -0.4 is 0 Å². The van der Waals surface area contributed by atoms with Gasteiger partial charge in [0, 0.05) is 11.5 Å². The Morgan fingerprint density at radius 2 is 1.93 bits per heavy atom. The van der Waals surface area contributed by atoms with Crippen molar-refractivity contribution in [2.75, 3.05) is 7.11 Å². The maximum atomic E-state index is 11.2. The molecule has 1 rings (SSSR count). The van der Waals surface area contributed by atoms with E-state index < -0.39 is 0 Å². The summed E-state index contributed by atoms with van der Waals surface area (Å²) < 4.78 is 4.62. The highest BCUT2D eigenvalue weighted by atomic mass is 16.5. The summed E-state index contributed by atoms with van der Waals surface area (Å²) in [7, 11) is 1.37. The molecule has 0 aromatic heterocycles. The Labute approximate surface area is 84.2 Å². The SMILES string of the molecule is C=C(C(=O)OC)C(C)c1ccccc1. The fraction of sp³-hybridized carbons (Fsp3) is 0.250. The van der Waals surface area contributed by atoms with E-state index in [1.807, 2.05) is 37.3 Å². The molecule has 0 saturated carbocycles. The molecule has 0 N–H and O–H groups in total. The van der Waals surface area contributed by atoms with E-state index in [1.54, 1.807) is 0 Å². The van der Waals surface area contributed by atoms with E-state index >= 15 is 0 Å². The average molecular weight is 190 g/mol. The Balaban J connectivity index is 2.81. The fourth-order valence-electron chi connectivity index (χ4n) is 1.25. The van der Waals surface area contributed by atoms with Gasteiger partial charge in [0.25, 0.3) is 0 Å². The third-order valence-electron chi connectivity index (χ3n) is 2.27. The van der Waals surface area contributed by atoms with Crippen molar-refractivity contribution >= 4 is 5.97 Å². The number of hydrogen-bond acceptors (Lipinski definition) is 2. The second kappa shape index (κ2) is 4.61. The lowest BCUT2D eigenvalue weighted by atomic mass is 9.94. The Kier molecular flexibility index (Phi) is 3.46. The van der Waals surface area contributed by atoms with Crippen LogP contribution >= 0.6 is 0 Å². The van der Waals surface area contributed by atoms with Crippen molar-refractivity contribution in [3.8, 4) is 0 Å². The average Bonchev–Trinajstić information content (AvgIpc) is 2.27. The third-order valence-corrected chi connectivity index (χ3v) is 2.27. The highest BCUT2D eigenvalue weighted by Crippen LogP contribution is 2.22. The minimum absolute atomic E-state index is 0.00338. The number of carbonyl (C=O) groups excluding carboxylic acids is 1. The Morgan fingerprint density at radius 3 is 2.43 bits per heavy atom. The van der Waals surface area contributed by atoms with E-state index in [9.17, 15) is 4.79 Å². The first-order valence-electron chi connectivity index (χ1n) is 4.49. The smallest absolute Gasteiger partial charge is 0.333 e. The van der Waals surface area contributed by atoms with Crippen LogP contribution in [0.25, 0.3) is 0 Å². The molecule has 0 radical (unpaired) electrons. The lowest BCUT2D eigenvalue weighted by molar-refractivity contribution is -0.136. The Morgan fingerprint density at radius 1 is 1.36 bits per heavy atom. The number of esters is 1. The van der Waals surface area contributed by atoms with Crippen molar-refractivity contribution in [1.29, 1.82) is 0 Å². The number of rotatable bonds is 3. The van der Waals surface area contributed by atoms with Crippen LogP contribution in [0.2, 0.25) is 0 Å². The summed E-state index contributed by atoms with van der Waals surface area (Å²) >= 11 is 0. The molecule has 0 aliphatic carbocycles. The van der Waals surface area contributed by atoms with Crippen LogP contribution in [0.4, 0.5) is 0 Å². The van der Waals surface area contributed by atoms with Crippen molar-refractivity contribution in [2.45, 2.75) is 12.8 Å². The Hall–Kier alpha value is -1.57. The van der Waals surface area contributed by atoms with Crippen LogP contribution in [0.1, 0.15) is 18.4 Å². The van der Waals surface area contributed by atoms with E-state index in [4.69, 9.17) is 0 Å². The zero-order chi connectivity index (χ0) is 10.6. The van der Waals surface area contributed by atoms with Crippen molar-refractivity contribution in [1.82, 2.24) is 0 Å². The van der Waals surface area contributed by atoms with E-state index in [0.717, 1.165) is 5.56 Å². The van der Waals surface area contributed by atoms with Gasteiger partial charge in [-0.15, -0.1) is 0 Å². The molecule has 1 aromatic rings. The molecule has 1 unspecified atom stereocenters. The van der Waals surface area contributed by atoms with Crippen molar-refractivity contribution < 1.29 is 9.53 Å². The normalized spacial score (nSPS) is 11.9. The van der Waals surface area contributed by atoms with Crippen LogP contribution in [0.3, 0.4) is 0 Å². The molecule has 74 valence electrons. The van der Waals surface area contributed by atoms with Gasteiger partial charge in [0.05, 0.1) is 7.11 Å². The van der Waals surface area contributed by atoms with Crippen molar-refractivity contribution in [3.05, 3.63) is 48.0 Å². The number of methoxy groups -OCH3 is 1. The quantitative estimate of drug-likeness (QED) is 0.540. The molecule has 0 spiro atoms. The van der Waals surface area contributed by atoms with Crippen LogP contribution in [-0.2, 0) is 9.53 Å². The summed E-state index contributed by atoms with van der Waals surface area (Å²) in [6, 6.07) is 9.77. The molecule has 0 bridgehead atoms. The van der Waals surface area contributed by atoms with Crippen molar-refractivity contribution in [2.24, 2.45) is 0 Å². The molecule has 0 amide bonds. The molecular formula is C12H14O2. The summed E-state index contributed by atoms with van der Waals surface area (Å²) in [6.07, 6.45) is 0. The summed E-state index contributed by atoms with van der Waals surface area (Å²) in [5.74, 6) is -0.343. The van der Waals surface area contributed by atoms with Crippen LogP contribution in [0.5, 0.6) is 0 Å². The van der Waals surface area contributed by atoms with E-state index in [0.29, 0.717) is 5.57 Å². The second-order valence-corrected chi connectivity index (χ2v) is 3.15. The molecular weight excluding hydrogens is 176 g/mol. The topological polar surface area (TPSA) is 26.3 Å². The second-order valence-electron chi connectivity index (χ2n) is 3.15. The highest BCUT2D eigenvalue weighted by Gasteiger charge is 2.16. The van der Waals surface area contributed by atoms with Crippen LogP contribution in [0, 0.1) is 0 Å². The highest BCUT2D eigenvalue weighted by molar-refractivity contribution is 5.89. The van der Waals surface area contributed by atoms with Gasteiger partial charge in [-0.1, -0.05) is 43.8 Å². The third kappa shape index (κ3) is 2.22. The van der Waals surface area contributed by atoms with E-state index in [2.05, 4.69) is 11.3 Å². The first kappa shape index (κ1) is 10.5. The molecule has 2 nitrogen and oxygen atoms in total. The minimum Gasteiger partial charge on any atom is -0.466 e. The molecule has 0 saturated heterocycles. The first-order valence-corrected chi connectivity index (χ1v) is 4.49. The molecule has 0 fully saturated rings. The van der Waals surface area contributed by atoms with Crippen LogP contribution in [0.15, 0.2) is 42.5 Å². The molecule has 2 heteroatoms. The molecule has 1 atom stereocenters. The van der Waals surface area contributed by atoms with Gasteiger partial charge in [0.2, 0.25) is 0 Å². The number of benzene rings is 1. The van der Waals surface area contributed by atoms with Gasteiger partial charge in [0.15, 0.2) is 0 Å². The largest absolute Gasteiger partial charge is 0.466 e. The zero-order valence-electron chi connectivity index (χ0n) is 8.49. The van der Waals surface area contributed by atoms with Gasteiger partial charge in [0.1, 0.15) is 0 Å². The standard InChI is InChI=1S/C12H14O2/c1-9(10(2)12(13)14-3)11-7-5-4-6-8-11/h4-9H,2H2,1,3H3. The fourth-order valence-corrected chi connectivity index (χ4v) is 1.25. The molecule has 14 heavy (non-hydrogen) atoms. The van der Waals surface area contributed by atoms with E-state index in [1.165, 1.54) is 7.11 Å². The van der Waals surface area contributed by atoms with E-state index in [-0.39, 0.29) is 11.9 Å². The molecule has 0 aliphatic heterocycles. The summed E-state index contributed by atoms with van der Waals surface area (Å²) in [6.45, 7) is 5.67. The van der Waals surface area contributed by atoms with Crippen molar-refractivity contribution in [3.63, 3.8) is 0 Å². The van der Waals surface area contributed by atoms with Gasteiger partial charge in [-0.25, -0.2) is 4.79 Å². The van der Waals surface area contributed by atoms with Gasteiger partial charge < -0.3 is 4.74 Å². The van der Waals surface area contributed by atoms with Gasteiger partial charge in [-0.3, -0.25) is 0 Å². The van der Waals surface area contributed by atoms with Gasteiger partial charge >= 0.3 is 5.97 Å². The van der Waals surface area contributed by atoms with Gasteiger partial charge in [-0.05, 0) is 5.56 Å². The molecule has 0 aliphatic rings. The Bertz CT molecular complexity index is 327. The molecule has 0 heterocycles. The monoisotopic (exact) mass is 190 g/mol. The number of ether oxygens (including phenoxy) is 1. The predicted molar refractivity (Wildman–Crippen MR) is 56.0 cm³/mol. The van der Waals surface area contributed by atoms with Crippen LogP contribution in [-0.4, -0.2) is 13.1 Å². The zero-order valence-corrected chi connectivity index (χ0v) is 8.49. The molecule has 1 aromatic carbocycles. The lowest BCUT2D eigenvalue weighted by Crippen LogP contribution is -2.09. The lowest BCUT2D eigenvalue weighted by Gasteiger charge is -2.12.